The standard InChI is InChI=1S/C47H65B4N9O35P2S5/c1-20-26(17-81-98(64,65)66)86-45(30(56-59-53)40(20)96-50-48-62)90-32-21(2)33(89-42(61)25-14-10-7-11-15-25)46(84-22(32)3)92-35-27(18-82-99(67,68)69)88-44(29(55-58-52)37(35)94-101(73,74)75)91-34-23(4)85-47(39(95-102(76,77)78)38(34)80-16-24-12-8-6-9-13-24)93-36-28(19-83-100(70,71)72)87-43(79-5)31(57-60-54)41(36)97-51-49-63/h6-15,20-23,26-41,43-47,96-97H,16-19H2,1-5H3,(H,64,65,66)(H,67,68,69)(H,70,71,72)(H,73,74,75)(H,76,77,78)/t20-,21+,22?,23?,26?,27?,28?,29?,30?,31?,32+,33?,34-,35-,36-,37-,38-,39?,40+,41-,43-,44+,45+,46+,47+/m1/s1. The first kappa shape index (κ1) is 84.7. The molecule has 7 rings (SSSR count). The van der Waals surface area contributed by atoms with Crippen LogP contribution in [0.4, 0.5) is 0 Å². The molecule has 27 atom stereocenters. The van der Waals surface area contributed by atoms with Crippen molar-refractivity contribution in [1.82, 2.24) is 0 Å². The van der Waals surface area contributed by atoms with E-state index in [9.17, 15) is 95.7 Å². The minimum absolute atomic E-state index is 0.121. The second kappa shape index (κ2) is 37.8. The van der Waals surface area contributed by atoms with Crippen molar-refractivity contribution in [2.45, 2.75) is 175 Å². The molecule has 5 saturated heterocycles. The molecular weight excluding hydrogens is 1520 g/mol. The Morgan fingerprint density at radius 2 is 0.922 bits per heavy atom. The molecule has 102 heavy (non-hydrogen) atoms. The Morgan fingerprint density at radius 3 is 1.45 bits per heavy atom. The van der Waals surface area contributed by atoms with Crippen LogP contribution in [0.3, 0.4) is 0 Å². The van der Waals surface area contributed by atoms with Gasteiger partial charge in [-0.15, -0.1) is 0 Å². The van der Waals surface area contributed by atoms with Crippen molar-refractivity contribution < 1.29 is 157 Å². The van der Waals surface area contributed by atoms with Crippen LogP contribution in [0.25, 0.3) is 31.3 Å². The summed E-state index contributed by atoms with van der Waals surface area (Å²) >= 11 is 0. The third kappa shape index (κ3) is 24.2. The monoisotopic (exact) mass is 1580 g/mol. The zero-order chi connectivity index (χ0) is 75.1. The van der Waals surface area contributed by atoms with Gasteiger partial charge in [-0.3, -0.25) is 9.11 Å². The molecular formula is C47H65B4N9O35P2S5. The van der Waals surface area contributed by atoms with Gasteiger partial charge >= 0.3 is 474 Å². The molecule has 5 aliphatic rings. The number of azide groups is 3. The number of methoxy groups -OCH3 is 1. The van der Waals surface area contributed by atoms with Gasteiger partial charge in [-0.1, -0.05) is 41.5 Å². The van der Waals surface area contributed by atoms with E-state index < -0.39 is 253 Å². The summed E-state index contributed by atoms with van der Waals surface area (Å²) in [4.78, 5) is 22.7. The van der Waals surface area contributed by atoms with Crippen molar-refractivity contribution in [3.05, 3.63) is 103 Å². The number of ether oxygens (including phenoxy) is 12. The van der Waals surface area contributed by atoms with Crippen LogP contribution in [-0.4, -0.2) is 266 Å². The molecule has 5 heterocycles. The molecule has 2 aromatic carbocycles. The van der Waals surface area contributed by atoms with Crippen LogP contribution in [0.15, 0.2) is 76.0 Å². The molecule has 2 radical (unpaired) electrons. The summed E-state index contributed by atoms with van der Waals surface area (Å²) in [6.07, 6.45) is -35.5. The van der Waals surface area contributed by atoms with Gasteiger partial charge in [-0.05, 0) is 17.7 Å². The predicted octanol–water partition coefficient (Wildman–Crippen LogP) is 1.05. The third-order valence-electron chi connectivity index (χ3n) is 16.1. The molecule has 0 saturated carbocycles. The molecule has 55 heteroatoms. The Kier molecular flexibility index (Phi) is 31.4. The quantitative estimate of drug-likeness (QED) is 0.0121. The maximum atomic E-state index is 14.2. The van der Waals surface area contributed by atoms with Crippen molar-refractivity contribution in [3.8, 4) is 0 Å². The van der Waals surface area contributed by atoms with Crippen molar-refractivity contribution in [2.75, 3.05) is 26.9 Å². The number of hydrogen-bond donors (Lipinski definition) is 5. The molecule has 5 N–H and O–H groups in total. The summed E-state index contributed by atoms with van der Waals surface area (Å²) in [5.41, 5.74) is 27.7. The van der Waals surface area contributed by atoms with E-state index in [4.69, 9.17) is 69.4 Å². The fraction of sp³-hybridized carbons (Fsp3) is 0.723. The van der Waals surface area contributed by atoms with Crippen molar-refractivity contribution >= 4 is 103 Å². The molecule has 5 aliphatic heterocycles. The first-order valence-electron chi connectivity index (χ1n) is 29.7. The summed E-state index contributed by atoms with van der Waals surface area (Å²) in [5, 5.41) is 11.2. The van der Waals surface area contributed by atoms with E-state index in [-0.39, 0.29) is 5.56 Å². The van der Waals surface area contributed by atoms with Crippen LogP contribution in [-0.2, 0) is 146 Å². The van der Waals surface area contributed by atoms with Gasteiger partial charge < -0.3 is 0 Å². The maximum absolute atomic E-state index is 14.2. The van der Waals surface area contributed by atoms with Crippen LogP contribution in [0, 0.1) is 11.8 Å². The molecule has 560 valence electrons. The number of carbonyl (C=O) groups excluding carboxylic acids is 1. The van der Waals surface area contributed by atoms with E-state index in [1.807, 2.05) is 0 Å². The minimum atomic E-state index is -5.94. The zero-order valence-corrected chi connectivity index (χ0v) is 59.5. The summed E-state index contributed by atoms with van der Waals surface area (Å²) in [6.45, 7) is 3.55. The molecule has 0 spiro atoms. The first-order chi connectivity index (χ1) is 48.0. The van der Waals surface area contributed by atoms with Gasteiger partial charge in [-0.2, -0.15) is 16.8 Å². The van der Waals surface area contributed by atoms with Crippen LogP contribution in [0.2, 0.25) is 0 Å². The normalized spacial score (nSPS) is 34.8. The van der Waals surface area contributed by atoms with Crippen molar-refractivity contribution in [1.29, 1.82) is 0 Å². The van der Waals surface area contributed by atoms with E-state index in [2.05, 4.69) is 38.4 Å². The Hall–Kier alpha value is -4.53. The predicted molar refractivity (Wildman–Crippen MR) is 343 cm³/mol. The Labute approximate surface area is 588 Å². The van der Waals surface area contributed by atoms with E-state index in [1.54, 1.807) is 18.2 Å². The number of nitrogens with zero attached hydrogens (tertiary/aromatic N) is 9. The van der Waals surface area contributed by atoms with Gasteiger partial charge in [0.05, 0.1) is 6.61 Å². The van der Waals surface area contributed by atoms with Gasteiger partial charge in [0.2, 0.25) is 0 Å². The van der Waals surface area contributed by atoms with Crippen LogP contribution < -0.4 is 0 Å². The molecule has 5 fully saturated rings. The Balaban J connectivity index is 1.33. The second-order valence-electron chi connectivity index (χ2n) is 22.6. The van der Waals surface area contributed by atoms with Gasteiger partial charge in [0.15, 0.2) is 0 Å². The van der Waals surface area contributed by atoms with E-state index >= 15 is 0 Å². The SMILES string of the molecule is CO[C@@H]1OC(COS(=O)(=O)O)[C@@H](O[C@@H]2OC(C)[C@@H](O[C@@H]3OC(COS(=O)(=O)O)[C@@H](O[C@@H]4OC(C)[C@@H](O[C@@H]5OC(COS(=O)(=O)O)[C@@H](C)[C@H](P[B]B=O)C5N=[N+]=[N-])[C@H](C)C4OC(=O)c4ccccc4)[C@H](OS(=O)(=O)O)C3N=[N+]=[N-])[C@@H](OCc3ccccc3)C2OS(=O)(=O)O)[C@H](P[B]B=O)C1N=[N+]=[N-]. The van der Waals surface area contributed by atoms with Gasteiger partial charge in [-0.25, -0.2) is 8.37 Å². The van der Waals surface area contributed by atoms with Crippen LogP contribution >= 0.6 is 16.9 Å². The van der Waals surface area contributed by atoms with E-state index in [0.717, 1.165) is 14.0 Å². The summed E-state index contributed by atoms with van der Waals surface area (Å²) < 4.78 is 297. The van der Waals surface area contributed by atoms with Crippen molar-refractivity contribution in [3.63, 3.8) is 0 Å². The zero-order valence-electron chi connectivity index (χ0n) is 53.4. The van der Waals surface area contributed by atoms with Crippen molar-refractivity contribution in [2.24, 2.45) is 27.2 Å². The molecule has 12 unspecified atom stereocenters. The average molecular weight is 1580 g/mol. The number of hydrogen-bond acceptors (Lipinski definition) is 33. The van der Waals surface area contributed by atoms with Crippen LogP contribution in [0.1, 0.15) is 43.6 Å². The Bertz CT molecular complexity index is 3920. The fourth-order valence-corrected chi connectivity index (χ4v) is 16.1. The summed E-state index contributed by atoms with van der Waals surface area (Å²) in [7, 11) is -27.1. The fourth-order valence-electron chi connectivity index (χ4n) is 11.7. The second-order valence-corrected chi connectivity index (χ2v) is 30.6. The molecule has 0 amide bonds. The summed E-state index contributed by atoms with van der Waals surface area (Å²) in [6, 6.07) is 9.46. The van der Waals surface area contributed by atoms with Crippen LogP contribution in [0.5, 0.6) is 0 Å². The number of benzene rings is 2. The van der Waals surface area contributed by atoms with E-state index in [1.165, 1.54) is 77.0 Å². The molecule has 44 nitrogen and oxygen atoms in total. The Morgan fingerprint density at radius 1 is 0.490 bits per heavy atom. The molecule has 2 aromatic rings. The molecule has 0 aromatic heterocycles. The topological polar surface area (TPSA) is 626 Å². The van der Waals surface area contributed by atoms with Gasteiger partial charge in [0.25, 0.3) is 0 Å². The van der Waals surface area contributed by atoms with E-state index in [0.29, 0.717) is 19.6 Å². The first-order valence-corrected chi connectivity index (χ1v) is 38.8. The number of rotatable bonds is 36. The number of esters is 1. The molecule has 0 aliphatic carbocycles. The molecule has 0 bridgehead atoms. The number of carbonyl (C=O) groups is 1. The van der Waals surface area contributed by atoms with Gasteiger partial charge in [0, 0.05) is 4.91 Å². The third-order valence-corrected chi connectivity index (χ3v) is 21.3. The summed E-state index contributed by atoms with van der Waals surface area (Å²) in [5.74, 6) is -3.23. The average Bonchev–Trinajstić information content (AvgIpc) is 0.424. The van der Waals surface area contributed by atoms with Gasteiger partial charge in [0.1, 0.15) is 12.2 Å².